The van der Waals surface area contributed by atoms with Crippen LogP contribution in [0.1, 0.15) is 31.5 Å². The van der Waals surface area contributed by atoms with Crippen LogP contribution in [0, 0.1) is 12.8 Å². The highest BCUT2D eigenvalue weighted by molar-refractivity contribution is 4.79. The highest BCUT2D eigenvalue weighted by atomic mass is 16.4. The Balaban J connectivity index is 1.63. The van der Waals surface area contributed by atoms with Crippen LogP contribution in [-0.2, 0) is 6.54 Å². The number of hydrogen-bond donors (Lipinski definition) is 1. The number of aromatic nitrogens is 2. The van der Waals surface area contributed by atoms with Crippen molar-refractivity contribution in [1.29, 1.82) is 0 Å². The fraction of sp³-hybridized carbons (Fsp3) is 0.833. The molecule has 0 aliphatic carbocycles. The summed E-state index contributed by atoms with van der Waals surface area (Å²) in [5.74, 6) is 2.12. The summed E-state index contributed by atoms with van der Waals surface area (Å²) >= 11 is 0. The lowest BCUT2D eigenvalue weighted by molar-refractivity contribution is 0.189. The van der Waals surface area contributed by atoms with Gasteiger partial charge in [0.1, 0.15) is 0 Å². The van der Waals surface area contributed by atoms with Crippen LogP contribution in [0.3, 0.4) is 0 Å². The zero-order chi connectivity index (χ0) is 12.1. The lowest BCUT2D eigenvalue weighted by Gasteiger charge is -2.30. The summed E-state index contributed by atoms with van der Waals surface area (Å²) in [6.45, 7) is 9.45. The lowest BCUT2D eigenvalue weighted by atomic mass is 9.97. The van der Waals surface area contributed by atoms with Crippen molar-refractivity contribution in [2.75, 3.05) is 26.2 Å². The second-order valence-electron chi connectivity index (χ2n) is 4.72. The minimum atomic E-state index is 0.637. The summed E-state index contributed by atoms with van der Waals surface area (Å²) < 4.78 is 5.31. The molecule has 2 rings (SSSR count). The van der Waals surface area contributed by atoms with Crippen LogP contribution in [0.15, 0.2) is 4.42 Å². The summed E-state index contributed by atoms with van der Waals surface area (Å²) in [4.78, 5) is 2.51. The average molecular weight is 238 g/mol. The number of nitrogens with one attached hydrogen (secondary N) is 1. The van der Waals surface area contributed by atoms with Gasteiger partial charge >= 0.3 is 0 Å². The third kappa shape index (κ3) is 3.78. The zero-order valence-corrected chi connectivity index (χ0v) is 10.8. The molecular weight excluding hydrogens is 216 g/mol. The van der Waals surface area contributed by atoms with E-state index in [1.165, 1.54) is 32.5 Å². The molecule has 0 spiro atoms. The zero-order valence-electron chi connectivity index (χ0n) is 10.8. The smallest absolute Gasteiger partial charge is 0.230 e. The minimum absolute atomic E-state index is 0.637. The van der Waals surface area contributed by atoms with E-state index >= 15 is 0 Å². The van der Waals surface area contributed by atoms with E-state index in [0.717, 1.165) is 12.5 Å². The van der Waals surface area contributed by atoms with Gasteiger partial charge in [-0.1, -0.05) is 6.92 Å². The van der Waals surface area contributed by atoms with Crippen LogP contribution in [0.2, 0.25) is 0 Å². The Bertz CT molecular complexity index is 331. The Morgan fingerprint density at radius 2 is 2.12 bits per heavy atom. The van der Waals surface area contributed by atoms with Gasteiger partial charge in [-0.3, -0.25) is 0 Å². The molecule has 0 aromatic carbocycles. The van der Waals surface area contributed by atoms with Crippen LogP contribution >= 0.6 is 0 Å². The first kappa shape index (κ1) is 12.5. The molecule has 1 aromatic heterocycles. The van der Waals surface area contributed by atoms with E-state index in [0.29, 0.717) is 18.3 Å². The Hall–Kier alpha value is -0.940. The molecule has 1 fully saturated rings. The molecule has 0 atom stereocenters. The van der Waals surface area contributed by atoms with Gasteiger partial charge in [0.15, 0.2) is 0 Å². The van der Waals surface area contributed by atoms with Crippen molar-refractivity contribution in [2.24, 2.45) is 5.92 Å². The maximum absolute atomic E-state index is 5.31. The standard InChI is InChI=1S/C12H22N4O/c1-3-16-6-4-11(5-7-16)8-13-9-12-15-14-10(2)17-12/h11,13H,3-9H2,1-2H3. The molecule has 17 heavy (non-hydrogen) atoms. The van der Waals surface area contributed by atoms with Gasteiger partial charge < -0.3 is 14.6 Å². The van der Waals surface area contributed by atoms with Gasteiger partial charge in [-0.15, -0.1) is 10.2 Å². The maximum Gasteiger partial charge on any atom is 0.230 e. The van der Waals surface area contributed by atoms with Gasteiger partial charge in [0, 0.05) is 6.92 Å². The number of nitrogens with zero attached hydrogens (tertiary/aromatic N) is 3. The first-order chi connectivity index (χ1) is 8.28. The molecule has 1 saturated heterocycles. The van der Waals surface area contributed by atoms with Crippen molar-refractivity contribution < 1.29 is 4.42 Å². The second-order valence-corrected chi connectivity index (χ2v) is 4.72. The Labute approximate surface area is 103 Å². The van der Waals surface area contributed by atoms with Crippen LogP contribution in [0.4, 0.5) is 0 Å². The fourth-order valence-corrected chi connectivity index (χ4v) is 2.30. The lowest BCUT2D eigenvalue weighted by Crippen LogP contribution is -2.36. The van der Waals surface area contributed by atoms with E-state index in [4.69, 9.17) is 4.42 Å². The Morgan fingerprint density at radius 3 is 2.71 bits per heavy atom. The highest BCUT2D eigenvalue weighted by Crippen LogP contribution is 2.15. The normalized spacial score (nSPS) is 18.7. The summed E-state index contributed by atoms with van der Waals surface area (Å²) in [6.07, 6.45) is 2.59. The van der Waals surface area contributed by atoms with Gasteiger partial charge in [0.2, 0.25) is 11.8 Å². The molecule has 5 heteroatoms. The van der Waals surface area contributed by atoms with Crippen LogP contribution in [0.25, 0.3) is 0 Å². The molecule has 1 aromatic rings. The number of piperidine rings is 1. The number of rotatable bonds is 5. The molecule has 96 valence electrons. The minimum Gasteiger partial charge on any atom is -0.424 e. The van der Waals surface area contributed by atoms with E-state index < -0.39 is 0 Å². The van der Waals surface area contributed by atoms with Crippen molar-refractivity contribution in [3.8, 4) is 0 Å². The molecule has 0 unspecified atom stereocenters. The van der Waals surface area contributed by atoms with Crippen molar-refractivity contribution >= 4 is 0 Å². The predicted octanol–water partition coefficient (Wildman–Crippen LogP) is 1.20. The first-order valence-electron chi connectivity index (χ1n) is 6.50. The average Bonchev–Trinajstić information content (AvgIpc) is 2.76. The summed E-state index contributed by atoms with van der Waals surface area (Å²) in [6, 6.07) is 0. The van der Waals surface area contributed by atoms with Gasteiger partial charge in [-0.2, -0.15) is 0 Å². The van der Waals surface area contributed by atoms with Crippen molar-refractivity contribution in [2.45, 2.75) is 33.2 Å². The second kappa shape index (κ2) is 6.12. The van der Waals surface area contributed by atoms with Crippen molar-refractivity contribution in [3.63, 3.8) is 0 Å². The molecular formula is C12H22N4O. The quantitative estimate of drug-likeness (QED) is 0.835. The number of hydrogen-bond acceptors (Lipinski definition) is 5. The molecule has 1 N–H and O–H groups in total. The van der Waals surface area contributed by atoms with Crippen LogP contribution < -0.4 is 5.32 Å². The predicted molar refractivity (Wildman–Crippen MR) is 65.6 cm³/mol. The first-order valence-corrected chi connectivity index (χ1v) is 6.50. The van der Waals surface area contributed by atoms with Crippen molar-refractivity contribution in [1.82, 2.24) is 20.4 Å². The van der Waals surface area contributed by atoms with Gasteiger partial charge in [-0.05, 0) is 44.9 Å². The molecule has 1 aliphatic rings. The molecule has 0 saturated carbocycles. The molecule has 0 bridgehead atoms. The fourth-order valence-electron chi connectivity index (χ4n) is 2.30. The third-order valence-electron chi connectivity index (χ3n) is 3.43. The third-order valence-corrected chi connectivity index (χ3v) is 3.43. The molecule has 0 amide bonds. The van der Waals surface area contributed by atoms with Crippen molar-refractivity contribution in [3.05, 3.63) is 11.8 Å². The Kier molecular flexibility index (Phi) is 4.50. The summed E-state index contributed by atoms with van der Waals surface area (Å²) in [7, 11) is 0. The van der Waals surface area contributed by atoms with E-state index in [9.17, 15) is 0 Å². The summed E-state index contributed by atoms with van der Waals surface area (Å²) in [5.41, 5.74) is 0. The van der Waals surface area contributed by atoms with E-state index in [1.54, 1.807) is 0 Å². The Morgan fingerprint density at radius 1 is 1.35 bits per heavy atom. The monoisotopic (exact) mass is 238 g/mol. The maximum atomic E-state index is 5.31. The number of aryl methyl sites for hydroxylation is 1. The molecule has 5 nitrogen and oxygen atoms in total. The van der Waals surface area contributed by atoms with Crippen LogP contribution in [-0.4, -0.2) is 41.3 Å². The van der Waals surface area contributed by atoms with E-state index in [2.05, 4.69) is 27.3 Å². The van der Waals surface area contributed by atoms with Gasteiger partial charge in [0.05, 0.1) is 6.54 Å². The molecule has 1 aliphatic heterocycles. The van der Waals surface area contributed by atoms with Gasteiger partial charge in [-0.25, -0.2) is 0 Å². The van der Waals surface area contributed by atoms with E-state index in [-0.39, 0.29) is 0 Å². The molecule has 2 heterocycles. The molecule has 0 radical (unpaired) electrons. The number of likely N-dealkylation sites (tertiary alicyclic amines) is 1. The summed E-state index contributed by atoms with van der Waals surface area (Å²) in [5, 5.41) is 11.2. The topological polar surface area (TPSA) is 54.2 Å². The van der Waals surface area contributed by atoms with Gasteiger partial charge in [0.25, 0.3) is 0 Å². The van der Waals surface area contributed by atoms with Crippen LogP contribution in [0.5, 0.6) is 0 Å². The largest absolute Gasteiger partial charge is 0.424 e. The van der Waals surface area contributed by atoms with E-state index in [1.807, 2.05) is 6.92 Å². The highest BCUT2D eigenvalue weighted by Gasteiger charge is 2.17. The SMILES string of the molecule is CCN1CCC(CNCc2nnc(C)o2)CC1.